The van der Waals surface area contributed by atoms with E-state index in [0.717, 1.165) is 0 Å². The normalized spacial score (nSPS) is 8.76. The number of hydrogen-bond acceptors (Lipinski definition) is 4. The first-order chi connectivity index (χ1) is 9.40. The maximum absolute atomic E-state index is 10.3. The molecule has 0 aliphatic heterocycles. The van der Waals surface area contributed by atoms with Crippen LogP contribution in [0.25, 0.3) is 0 Å². The van der Waals surface area contributed by atoms with Gasteiger partial charge >= 0.3 is 11.9 Å². The highest BCUT2D eigenvalue weighted by Gasteiger charge is 1.99. The van der Waals surface area contributed by atoms with E-state index in [1.54, 1.807) is 24.3 Å². The van der Waals surface area contributed by atoms with Gasteiger partial charge < -0.3 is 21.7 Å². The van der Waals surface area contributed by atoms with Crippen molar-refractivity contribution in [2.45, 2.75) is 0 Å². The molecule has 106 valence electrons. The van der Waals surface area contributed by atoms with E-state index in [9.17, 15) is 9.59 Å². The summed E-state index contributed by atoms with van der Waals surface area (Å²) in [5.41, 5.74) is 12.3. The molecule has 2 rings (SSSR count). The van der Waals surface area contributed by atoms with E-state index >= 15 is 0 Å². The summed E-state index contributed by atoms with van der Waals surface area (Å²) in [6.07, 6.45) is 0. The molecule has 0 saturated heterocycles. The van der Waals surface area contributed by atoms with Crippen molar-refractivity contribution in [2.75, 3.05) is 11.5 Å². The highest BCUT2D eigenvalue weighted by atomic mass is 24.3. The monoisotopic (exact) mass is 298 g/mol. The van der Waals surface area contributed by atoms with E-state index < -0.39 is 11.9 Å². The second-order valence-electron chi connectivity index (χ2n) is 3.85. The van der Waals surface area contributed by atoms with Crippen molar-refractivity contribution < 1.29 is 19.8 Å². The molecule has 2 aromatic rings. The van der Waals surface area contributed by atoms with Crippen molar-refractivity contribution in [2.24, 2.45) is 0 Å². The standard InChI is InChI=1S/2C7H7NO2.Mg/c2*8-6-3-1-5(2-4-6)7(9)10;/h2*1-4H,8H2,(H,9,10);. The zero-order valence-electron chi connectivity index (χ0n) is 11.2. The number of aromatic carboxylic acids is 2. The fourth-order valence-corrected chi connectivity index (χ4v) is 1.25. The third-order valence-electron chi connectivity index (χ3n) is 2.32. The zero-order chi connectivity index (χ0) is 15.1. The van der Waals surface area contributed by atoms with Crippen molar-refractivity contribution in [3.05, 3.63) is 59.7 Å². The second-order valence-corrected chi connectivity index (χ2v) is 3.85. The fourth-order valence-electron chi connectivity index (χ4n) is 1.25. The maximum atomic E-state index is 10.3. The lowest BCUT2D eigenvalue weighted by atomic mass is 10.2. The number of anilines is 2. The predicted molar refractivity (Wildman–Crippen MR) is 81.4 cm³/mol. The van der Waals surface area contributed by atoms with E-state index in [0.29, 0.717) is 11.4 Å². The quantitative estimate of drug-likeness (QED) is 0.492. The molecule has 0 amide bonds. The minimum absolute atomic E-state index is 0. The minimum Gasteiger partial charge on any atom is -0.478 e. The van der Waals surface area contributed by atoms with Crippen LogP contribution in [-0.2, 0) is 0 Å². The van der Waals surface area contributed by atoms with Gasteiger partial charge in [0.2, 0.25) is 0 Å². The number of carboxylic acid groups (broad SMARTS) is 2. The Labute approximate surface area is 137 Å². The molecule has 0 fully saturated rings. The van der Waals surface area contributed by atoms with Crippen LogP contribution in [0.1, 0.15) is 20.7 Å². The number of nitrogens with two attached hydrogens (primary N) is 2. The fraction of sp³-hybridized carbons (Fsp3) is 0. The molecule has 6 N–H and O–H groups in total. The zero-order valence-corrected chi connectivity index (χ0v) is 12.6. The molecule has 7 heteroatoms. The van der Waals surface area contributed by atoms with Crippen molar-refractivity contribution in [1.82, 2.24) is 0 Å². The highest BCUT2D eigenvalue weighted by molar-refractivity contribution is 5.88. The molecule has 0 aromatic heterocycles. The average Bonchev–Trinajstić information content (AvgIpc) is 2.40. The number of nitrogen functional groups attached to an aromatic ring is 2. The summed E-state index contributed by atoms with van der Waals surface area (Å²) in [5.74, 6) is -1.86. The summed E-state index contributed by atoms with van der Waals surface area (Å²) in [4.78, 5) is 20.5. The molecule has 0 saturated carbocycles. The number of benzene rings is 2. The molecule has 6 nitrogen and oxygen atoms in total. The SMILES string of the molecule is Nc1ccc(C(=O)O)cc1.Nc1ccc(C(=O)O)cc1.[Mg]. The summed E-state index contributed by atoms with van der Waals surface area (Å²) >= 11 is 0. The van der Waals surface area contributed by atoms with Gasteiger partial charge in [0.15, 0.2) is 0 Å². The smallest absolute Gasteiger partial charge is 0.335 e. The van der Waals surface area contributed by atoms with Gasteiger partial charge in [0.1, 0.15) is 0 Å². The van der Waals surface area contributed by atoms with Crippen LogP contribution in [0.5, 0.6) is 0 Å². The van der Waals surface area contributed by atoms with Gasteiger partial charge in [-0.25, -0.2) is 9.59 Å². The lowest BCUT2D eigenvalue weighted by Crippen LogP contribution is -1.95. The molecule has 0 bridgehead atoms. The van der Waals surface area contributed by atoms with Gasteiger partial charge in [0.25, 0.3) is 0 Å². The minimum atomic E-state index is -0.931. The lowest BCUT2D eigenvalue weighted by Gasteiger charge is -1.93. The van der Waals surface area contributed by atoms with E-state index in [1.807, 2.05) is 0 Å². The first-order valence-corrected chi connectivity index (χ1v) is 5.58. The summed E-state index contributed by atoms with van der Waals surface area (Å²) < 4.78 is 0. The average molecular weight is 299 g/mol. The molecular weight excluding hydrogens is 284 g/mol. The molecule has 2 radical (unpaired) electrons. The Morgan fingerprint density at radius 3 is 1.10 bits per heavy atom. The summed E-state index contributed by atoms with van der Waals surface area (Å²) in [7, 11) is 0. The van der Waals surface area contributed by atoms with E-state index in [-0.39, 0.29) is 34.2 Å². The lowest BCUT2D eigenvalue weighted by molar-refractivity contribution is 0.0686. The Bertz CT molecular complexity index is 542. The molecule has 0 atom stereocenters. The predicted octanol–water partition coefficient (Wildman–Crippen LogP) is 1.55. The number of rotatable bonds is 2. The van der Waals surface area contributed by atoms with Crippen LogP contribution in [0, 0.1) is 0 Å². The number of carbonyl (C=O) groups is 2. The van der Waals surface area contributed by atoms with E-state index in [1.165, 1.54) is 24.3 Å². The first kappa shape index (κ1) is 18.7. The maximum Gasteiger partial charge on any atom is 0.335 e. The molecule has 2 aromatic carbocycles. The first-order valence-electron chi connectivity index (χ1n) is 5.58. The van der Waals surface area contributed by atoms with Gasteiger partial charge in [-0.3, -0.25) is 0 Å². The Hall–Kier alpha value is -2.25. The number of hydrogen-bond donors (Lipinski definition) is 4. The summed E-state index contributed by atoms with van der Waals surface area (Å²) in [6, 6.07) is 12.1. The van der Waals surface area contributed by atoms with Crippen LogP contribution in [0.15, 0.2) is 48.5 Å². The van der Waals surface area contributed by atoms with Crippen molar-refractivity contribution in [1.29, 1.82) is 0 Å². The third kappa shape index (κ3) is 6.64. The van der Waals surface area contributed by atoms with Crippen LogP contribution in [-0.4, -0.2) is 45.2 Å². The summed E-state index contributed by atoms with van der Waals surface area (Å²) in [5, 5.41) is 16.9. The van der Waals surface area contributed by atoms with Gasteiger partial charge in [-0.2, -0.15) is 0 Å². The van der Waals surface area contributed by atoms with Crippen LogP contribution < -0.4 is 11.5 Å². The van der Waals surface area contributed by atoms with Crippen LogP contribution in [0.4, 0.5) is 11.4 Å². The largest absolute Gasteiger partial charge is 0.478 e. The summed E-state index contributed by atoms with van der Waals surface area (Å²) in [6.45, 7) is 0. The van der Waals surface area contributed by atoms with Crippen LogP contribution in [0.2, 0.25) is 0 Å². The Morgan fingerprint density at radius 2 is 0.905 bits per heavy atom. The Balaban J connectivity index is 0.000000364. The molecular formula is C14H14MgN2O4. The highest BCUT2D eigenvalue weighted by Crippen LogP contribution is 2.05. The molecule has 0 aliphatic rings. The van der Waals surface area contributed by atoms with Crippen molar-refractivity contribution in [3.8, 4) is 0 Å². The molecule has 0 spiro atoms. The van der Waals surface area contributed by atoms with E-state index in [4.69, 9.17) is 21.7 Å². The van der Waals surface area contributed by atoms with Crippen molar-refractivity contribution >= 4 is 46.4 Å². The molecule has 0 heterocycles. The molecule has 0 unspecified atom stereocenters. The Morgan fingerprint density at radius 1 is 0.667 bits per heavy atom. The molecule has 21 heavy (non-hydrogen) atoms. The van der Waals surface area contributed by atoms with Crippen LogP contribution >= 0.6 is 0 Å². The topological polar surface area (TPSA) is 127 Å². The van der Waals surface area contributed by atoms with Crippen LogP contribution in [0.3, 0.4) is 0 Å². The molecule has 0 aliphatic carbocycles. The third-order valence-corrected chi connectivity index (χ3v) is 2.32. The van der Waals surface area contributed by atoms with Gasteiger partial charge in [0, 0.05) is 34.4 Å². The van der Waals surface area contributed by atoms with Gasteiger partial charge in [-0.05, 0) is 48.5 Å². The second kappa shape index (κ2) is 8.83. The van der Waals surface area contributed by atoms with E-state index in [2.05, 4.69) is 0 Å². The Kier molecular flexibility index (Phi) is 7.88. The van der Waals surface area contributed by atoms with Gasteiger partial charge in [-0.1, -0.05) is 0 Å². The van der Waals surface area contributed by atoms with Crippen molar-refractivity contribution in [3.63, 3.8) is 0 Å². The van der Waals surface area contributed by atoms with Gasteiger partial charge in [0.05, 0.1) is 11.1 Å². The van der Waals surface area contributed by atoms with Gasteiger partial charge in [-0.15, -0.1) is 0 Å². The number of carboxylic acids is 2.